The van der Waals surface area contributed by atoms with Crippen molar-refractivity contribution in [3.8, 4) is 0 Å². The second-order valence-corrected chi connectivity index (χ2v) is 11.4. The maximum atomic E-state index is 14.0. The minimum atomic E-state index is -0.669. The summed E-state index contributed by atoms with van der Waals surface area (Å²) in [4.78, 5) is 34.2. The van der Waals surface area contributed by atoms with Gasteiger partial charge in [-0.3, -0.25) is 9.36 Å². The van der Waals surface area contributed by atoms with Gasteiger partial charge in [-0.25, -0.2) is 9.79 Å². The average molecular weight is 555 g/mol. The van der Waals surface area contributed by atoms with Crippen LogP contribution in [0.25, 0.3) is 11.8 Å². The Kier molecular flexibility index (Phi) is 8.00. The molecule has 0 spiro atoms. The molecule has 198 valence electrons. The standard InChI is InChI=1S/C32H30N2O3S2/c1-5-37-31(36)27-28(23-9-7-6-8-10-23)33-32-34(29(27)24-15-13-22(14-16-24)20(2)3)30(35)26(39-32)19-21-11-17-25(38-4)18-12-21/h6-20,29H,5H2,1-4H3/b26-19-/t29-/m0/s1. The Labute approximate surface area is 236 Å². The van der Waals surface area contributed by atoms with Crippen molar-refractivity contribution in [1.82, 2.24) is 4.57 Å². The van der Waals surface area contributed by atoms with E-state index in [9.17, 15) is 9.59 Å². The lowest BCUT2D eigenvalue weighted by molar-refractivity contribution is -0.138. The highest BCUT2D eigenvalue weighted by atomic mass is 32.2. The molecule has 3 aromatic carbocycles. The number of esters is 1. The van der Waals surface area contributed by atoms with Crippen LogP contribution in [0.2, 0.25) is 0 Å². The van der Waals surface area contributed by atoms with Gasteiger partial charge in [0.15, 0.2) is 4.80 Å². The molecular weight excluding hydrogens is 524 g/mol. The number of hydrogen-bond acceptors (Lipinski definition) is 6. The zero-order valence-corrected chi connectivity index (χ0v) is 24.0. The molecule has 1 aliphatic heterocycles. The van der Waals surface area contributed by atoms with Crippen LogP contribution >= 0.6 is 23.1 Å². The van der Waals surface area contributed by atoms with Gasteiger partial charge in [0.25, 0.3) is 5.56 Å². The van der Waals surface area contributed by atoms with Gasteiger partial charge < -0.3 is 4.74 Å². The van der Waals surface area contributed by atoms with Crippen molar-refractivity contribution in [2.45, 2.75) is 37.6 Å². The van der Waals surface area contributed by atoms with E-state index in [4.69, 9.17) is 9.73 Å². The SMILES string of the molecule is CCOC(=O)C1=C(c2ccccc2)N=c2s/c(=C\c3ccc(SC)cc3)c(=O)n2[C@H]1c1ccc(C(C)C)cc1. The number of thioether (sulfide) groups is 1. The highest BCUT2D eigenvalue weighted by Crippen LogP contribution is 2.35. The van der Waals surface area contributed by atoms with Crippen molar-refractivity contribution in [3.63, 3.8) is 0 Å². The zero-order chi connectivity index (χ0) is 27.5. The Morgan fingerprint density at radius 3 is 2.36 bits per heavy atom. The van der Waals surface area contributed by atoms with Gasteiger partial charge in [0, 0.05) is 10.5 Å². The number of nitrogens with zero attached hydrogens (tertiary/aromatic N) is 2. The third-order valence-electron chi connectivity index (χ3n) is 6.71. The molecule has 0 bridgehead atoms. The van der Waals surface area contributed by atoms with Crippen molar-refractivity contribution in [2.24, 2.45) is 4.99 Å². The average Bonchev–Trinajstić information content (AvgIpc) is 3.27. The number of rotatable bonds is 7. The molecule has 0 saturated heterocycles. The fraction of sp³-hybridized carbons (Fsp3) is 0.219. The van der Waals surface area contributed by atoms with E-state index in [-0.39, 0.29) is 12.2 Å². The lowest BCUT2D eigenvalue weighted by Crippen LogP contribution is -2.40. The summed E-state index contributed by atoms with van der Waals surface area (Å²) in [6.07, 6.45) is 3.93. The van der Waals surface area contributed by atoms with Crippen LogP contribution in [0.1, 0.15) is 55.0 Å². The largest absolute Gasteiger partial charge is 0.463 e. The van der Waals surface area contributed by atoms with Gasteiger partial charge >= 0.3 is 5.97 Å². The highest BCUT2D eigenvalue weighted by molar-refractivity contribution is 7.98. The maximum Gasteiger partial charge on any atom is 0.338 e. The molecule has 39 heavy (non-hydrogen) atoms. The van der Waals surface area contributed by atoms with Crippen molar-refractivity contribution in [2.75, 3.05) is 12.9 Å². The summed E-state index contributed by atoms with van der Waals surface area (Å²) in [5.74, 6) is -0.113. The lowest BCUT2D eigenvalue weighted by Gasteiger charge is -2.26. The van der Waals surface area contributed by atoms with Crippen LogP contribution < -0.4 is 14.9 Å². The van der Waals surface area contributed by atoms with E-state index in [1.54, 1.807) is 23.3 Å². The summed E-state index contributed by atoms with van der Waals surface area (Å²) in [6.45, 7) is 6.28. The minimum Gasteiger partial charge on any atom is -0.463 e. The first kappa shape index (κ1) is 26.9. The third-order valence-corrected chi connectivity index (χ3v) is 8.43. The lowest BCUT2D eigenvalue weighted by atomic mass is 9.91. The second kappa shape index (κ2) is 11.6. The Morgan fingerprint density at radius 2 is 1.74 bits per heavy atom. The molecule has 2 heterocycles. The summed E-state index contributed by atoms with van der Waals surface area (Å²) >= 11 is 3.01. The quantitative estimate of drug-likeness (QED) is 0.215. The number of fused-ring (bicyclic) bond motifs is 1. The molecule has 5 rings (SSSR count). The number of aromatic nitrogens is 1. The van der Waals surface area contributed by atoms with E-state index in [0.717, 1.165) is 21.6 Å². The number of benzene rings is 3. The molecule has 5 nitrogen and oxygen atoms in total. The van der Waals surface area contributed by atoms with E-state index in [0.29, 0.717) is 26.5 Å². The van der Waals surface area contributed by atoms with Crippen molar-refractivity contribution < 1.29 is 9.53 Å². The first-order valence-electron chi connectivity index (χ1n) is 12.9. The smallest absolute Gasteiger partial charge is 0.338 e. The van der Waals surface area contributed by atoms with Crippen LogP contribution in [0, 0.1) is 0 Å². The van der Waals surface area contributed by atoms with Crippen LogP contribution in [0.3, 0.4) is 0 Å². The van der Waals surface area contributed by atoms with Gasteiger partial charge in [-0.2, -0.15) is 0 Å². The predicted molar refractivity (Wildman–Crippen MR) is 160 cm³/mol. The predicted octanol–water partition coefficient (Wildman–Crippen LogP) is 5.78. The molecule has 0 aliphatic carbocycles. The number of carbonyl (C=O) groups excluding carboxylic acids is 1. The van der Waals surface area contributed by atoms with Gasteiger partial charge in [0.1, 0.15) is 0 Å². The van der Waals surface area contributed by atoms with E-state index in [2.05, 4.69) is 26.0 Å². The van der Waals surface area contributed by atoms with Crippen LogP contribution in [-0.2, 0) is 9.53 Å². The zero-order valence-electron chi connectivity index (χ0n) is 22.4. The van der Waals surface area contributed by atoms with Crippen molar-refractivity contribution >= 4 is 40.8 Å². The topological polar surface area (TPSA) is 60.7 Å². The molecule has 0 unspecified atom stereocenters. The molecule has 1 atom stereocenters. The highest BCUT2D eigenvalue weighted by Gasteiger charge is 2.35. The molecule has 0 fully saturated rings. The molecule has 0 saturated carbocycles. The Hall–Kier alpha value is -3.68. The van der Waals surface area contributed by atoms with Crippen LogP contribution in [-0.4, -0.2) is 23.4 Å². The molecule has 0 amide bonds. The molecule has 1 aromatic heterocycles. The van der Waals surface area contributed by atoms with E-state index in [1.165, 1.54) is 16.9 Å². The summed E-state index contributed by atoms with van der Waals surface area (Å²) < 4.78 is 7.76. The summed E-state index contributed by atoms with van der Waals surface area (Å²) in [5.41, 5.74) is 4.47. The molecular formula is C32H30N2O3S2. The molecule has 4 aromatic rings. The van der Waals surface area contributed by atoms with E-state index >= 15 is 0 Å². The van der Waals surface area contributed by atoms with E-state index in [1.807, 2.05) is 79.1 Å². The number of ether oxygens (including phenoxy) is 1. The van der Waals surface area contributed by atoms with Gasteiger partial charge in [-0.15, -0.1) is 11.8 Å². The van der Waals surface area contributed by atoms with Crippen molar-refractivity contribution in [3.05, 3.63) is 126 Å². The molecule has 1 aliphatic rings. The molecule has 0 radical (unpaired) electrons. The fourth-order valence-corrected chi connectivity index (χ4v) is 6.08. The number of thiazole rings is 1. The van der Waals surface area contributed by atoms with Gasteiger partial charge in [-0.1, -0.05) is 91.9 Å². The van der Waals surface area contributed by atoms with Gasteiger partial charge in [0.2, 0.25) is 0 Å². The second-order valence-electron chi connectivity index (χ2n) is 9.53. The first-order valence-corrected chi connectivity index (χ1v) is 15.0. The summed E-state index contributed by atoms with van der Waals surface area (Å²) in [7, 11) is 0. The Morgan fingerprint density at radius 1 is 1.05 bits per heavy atom. The number of carbonyl (C=O) groups is 1. The third kappa shape index (κ3) is 5.42. The minimum absolute atomic E-state index is 0.181. The van der Waals surface area contributed by atoms with Gasteiger partial charge in [-0.05, 0) is 54.0 Å². The maximum absolute atomic E-state index is 14.0. The fourth-order valence-electron chi connectivity index (χ4n) is 4.67. The van der Waals surface area contributed by atoms with Crippen molar-refractivity contribution in [1.29, 1.82) is 0 Å². The summed E-state index contributed by atoms with van der Waals surface area (Å²) in [5, 5.41) is 0. The van der Waals surface area contributed by atoms with Gasteiger partial charge in [0.05, 0.1) is 28.5 Å². The van der Waals surface area contributed by atoms with Crippen LogP contribution in [0.4, 0.5) is 0 Å². The molecule has 7 heteroatoms. The van der Waals surface area contributed by atoms with Crippen LogP contribution in [0.5, 0.6) is 0 Å². The normalized spacial score (nSPS) is 15.3. The van der Waals surface area contributed by atoms with E-state index < -0.39 is 12.0 Å². The first-order chi connectivity index (χ1) is 18.9. The Balaban J connectivity index is 1.78. The van der Waals surface area contributed by atoms with Crippen LogP contribution in [0.15, 0.2) is 99.1 Å². The molecule has 0 N–H and O–H groups in total. The Bertz CT molecular complexity index is 1700. The monoisotopic (exact) mass is 554 g/mol. The number of hydrogen-bond donors (Lipinski definition) is 0. The summed E-state index contributed by atoms with van der Waals surface area (Å²) in [6, 6.07) is 25.2.